The number of hydrogen-bond acceptors (Lipinski definition) is 5. The summed E-state index contributed by atoms with van der Waals surface area (Å²) in [5, 5.41) is 7.89. The average Bonchev–Trinajstić information content (AvgIpc) is 3.40. The number of rotatable bonds is 2. The van der Waals surface area contributed by atoms with E-state index in [1.165, 1.54) is 11.4 Å². The normalized spacial score (nSPS) is 48.0. The lowest BCUT2D eigenvalue weighted by Crippen LogP contribution is -2.56. The Labute approximate surface area is 193 Å². The minimum atomic E-state index is -1.27. The Bertz CT molecular complexity index is 777. The number of carbonyl (C=O) groups excluding carboxylic acids is 1. The third kappa shape index (κ3) is 3.74. The summed E-state index contributed by atoms with van der Waals surface area (Å²) in [6.45, 7) is 10.4. The first-order valence-electron chi connectivity index (χ1n) is 12.9. The third-order valence-electron chi connectivity index (χ3n) is 9.65. The SMILES string of the molecule is CC.CN=C1CC2C3CC(F)C(=O)C3(C)CCC2[C@@]2(C)CC/C(=N\OC3CCNC3)CC12. The molecule has 0 amide bonds. The fraction of sp³-hybridized carbons (Fsp3) is 0.885. The van der Waals surface area contributed by atoms with E-state index in [0.717, 1.165) is 58.0 Å². The molecule has 7 unspecified atom stereocenters. The van der Waals surface area contributed by atoms with Crippen LogP contribution in [0.1, 0.15) is 79.1 Å². The molecule has 8 atom stereocenters. The van der Waals surface area contributed by atoms with Gasteiger partial charge in [0.15, 0.2) is 12.0 Å². The van der Waals surface area contributed by atoms with Gasteiger partial charge < -0.3 is 10.2 Å². The molecule has 6 heteroatoms. The number of halogens is 1. The number of nitrogens with one attached hydrogen (secondary N) is 1. The summed E-state index contributed by atoms with van der Waals surface area (Å²) in [7, 11) is 1.90. The summed E-state index contributed by atoms with van der Waals surface area (Å²) in [5.41, 5.74) is 2.12. The fourth-order valence-electron chi connectivity index (χ4n) is 7.82. The molecule has 0 aromatic heterocycles. The summed E-state index contributed by atoms with van der Waals surface area (Å²) in [6.07, 6.45) is 6.17. The highest BCUT2D eigenvalue weighted by Gasteiger charge is 2.63. The quantitative estimate of drug-likeness (QED) is 0.607. The smallest absolute Gasteiger partial charge is 0.173 e. The number of fused-ring (bicyclic) bond motifs is 5. The Morgan fingerprint density at radius 2 is 1.91 bits per heavy atom. The molecule has 1 saturated heterocycles. The second kappa shape index (κ2) is 9.15. The molecule has 0 aromatic rings. The summed E-state index contributed by atoms with van der Waals surface area (Å²) >= 11 is 0. The van der Waals surface area contributed by atoms with Crippen LogP contribution in [0, 0.1) is 34.5 Å². The molecular weight excluding hydrogens is 405 g/mol. The van der Waals surface area contributed by atoms with E-state index in [9.17, 15) is 9.18 Å². The fourth-order valence-corrected chi connectivity index (χ4v) is 7.82. The Hall–Kier alpha value is -1.30. The first kappa shape index (κ1) is 23.8. The number of nitrogens with zero attached hydrogens (tertiary/aromatic N) is 2. The van der Waals surface area contributed by atoms with Crippen molar-refractivity contribution >= 4 is 17.2 Å². The van der Waals surface area contributed by atoms with E-state index in [0.29, 0.717) is 24.2 Å². The molecule has 0 spiro atoms. The van der Waals surface area contributed by atoms with Gasteiger partial charge in [0.2, 0.25) is 0 Å². The van der Waals surface area contributed by atoms with E-state index in [2.05, 4.69) is 17.4 Å². The molecule has 1 aliphatic heterocycles. The Kier molecular flexibility index (Phi) is 6.82. The van der Waals surface area contributed by atoms with E-state index in [1.807, 2.05) is 27.8 Å². The molecule has 5 nitrogen and oxygen atoms in total. The summed E-state index contributed by atoms with van der Waals surface area (Å²) < 4.78 is 14.5. The first-order valence-corrected chi connectivity index (χ1v) is 12.9. The number of ketones is 1. The first-order chi connectivity index (χ1) is 15.4. The maximum absolute atomic E-state index is 14.5. The molecule has 0 aromatic carbocycles. The largest absolute Gasteiger partial charge is 0.391 e. The number of Topliss-reactive ketones (excluding diaryl/α,β-unsaturated/α-hetero) is 1. The number of oxime groups is 1. The highest BCUT2D eigenvalue weighted by molar-refractivity contribution is 5.96. The van der Waals surface area contributed by atoms with E-state index in [-0.39, 0.29) is 23.2 Å². The predicted octanol–water partition coefficient (Wildman–Crippen LogP) is 4.99. The van der Waals surface area contributed by atoms with Crippen LogP contribution in [0.15, 0.2) is 10.1 Å². The van der Waals surface area contributed by atoms with Crippen LogP contribution < -0.4 is 5.32 Å². The van der Waals surface area contributed by atoms with Gasteiger partial charge in [-0.3, -0.25) is 9.79 Å². The van der Waals surface area contributed by atoms with Crippen molar-refractivity contribution in [3.05, 3.63) is 0 Å². The van der Waals surface area contributed by atoms with Crippen LogP contribution in [0.25, 0.3) is 0 Å². The van der Waals surface area contributed by atoms with Crippen molar-refractivity contribution in [3.8, 4) is 0 Å². The van der Waals surface area contributed by atoms with Crippen LogP contribution in [0.4, 0.5) is 4.39 Å². The van der Waals surface area contributed by atoms with Crippen LogP contribution in [-0.2, 0) is 9.63 Å². The van der Waals surface area contributed by atoms with Crippen molar-refractivity contribution in [1.82, 2.24) is 5.32 Å². The molecule has 1 heterocycles. The molecule has 5 fully saturated rings. The predicted molar refractivity (Wildman–Crippen MR) is 127 cm³/mol. The zero-order valence-corrected chi connectivity index (χ0v) is 20.6. The van der Waals surface area contributed by atoms with Crippen molar-refractivity contribution in [1.29, 1.82) is 0 Å². The van der Waals surface area contributed by atoms with E-state index in [4.69, 9.17) is 9.83 Å². The Balaban J connectivity index is 0.00000119. The van der Waals surface area contributed by atoms with Gasteiger partial charge in [0.05, 0.1) is 5.71 Å². The Morgan fingerprint density at radius 1 is 1.12 bits per heavy atom. The highest BCUT2D eigenvalue weighted by Crippen LogP contribution is 2.64. The standard InChI is InChI=1S/C24H36FN3O2.C2H6/c1-23-7-4-14(28-30-15-6-9-27-13-15)10-19(23)21(26-3)11-16-17(23)5-8-24(2)18(16)12-20(25)22(24)29;1-2/h15-20,27H,4-13H2,1-3H3;1-2H3/b26-21?,28-14+;/t15?,16?,17?,18?,19?,20?,23-,24?;/m1./s1. The van der Waals surface area contributed by atoms with Gasteiger partial charge in [-0.1, -0.05) is 32.9 Å². The van der Waals surface area contributed by atoms with Gasteiger partial charge in [0.25, 0.3) is 0 Å². The minimum absolute atomic E-state index is 0.134. The topological polar surface area (TPSA) is 63.0 Å². The van der Waals surface area contributed by atoms with Gasteiger partial charge in [-0.15, -0.1) is 0 Å². The number of aliphatic imine (C=N–C) groups is 1. The second-order valence-corrected chi connectivity index (χ2v) is 11.0. The van der Waals surface area contributed by atoms with E-state index < -0.39 is 11.6 Å². The van der Waals surface area contributed by atoms with Gasteiger partial charge in [-0.2, -0.15) is 0 Å². The molecular formula is C26H42FN3O2. The van der Waals surface area contributed by atoms with Crippen LogP contribution in [0.2, 0.25) is 0 Å². The van der Waals surface area contributed by atoms with Gasteiger partial charge >= 0.3 is 0 Å². The summed E-state index contributed by atoms with van der Waals surface area (Å²) in [4.78, 5) is 23.2. The highest BCUT2D eigenvalue weighted by atomic mass is 19.1. The number of carbonyl (C=O) groups is 1. The molecule has 0 radical (unpaired) electrons. The van der Waals surface area contributed by atoms with Crippen LogP contribution >= 0.6 is 0 Å². The van der Waals surface area contributed by atoms with E-state index in [1.54, 1.807) is 0 Å². The number of alkyl halides is 1. The molecule has 32 heavy (non-hydrogen) atoms. The maximum Gasteiger partial charge on any atom is 0.173 e. The van der Waals surface area contributed by atoms with Crippen molar-refractivity contribution in [3.63, 3.8) is 0 Å². The molecule has 5 rings (SSSR count). The van der Waals surface area contributed by atoms with Crippen molar-refractivity contribution in [2.45, 2.75) is 91.3 Å². The molecule has 0 bridgehead atoms. The molecule has 1 N–H and O–H groups in total. The monoisotopic (exact) mass is 447 g/mol. The van der Waals surface area contributed by atoms with Crippen LogP contribution in [-0.4, -0.2) is 49.6 Å². The lowest BCUT2D eigenvalue weighted by atomic mass is 9.45. The van der Waals surface area contributed by atoms with Crippen molar-refractivity contribution in [2.24, 2.45) is 44.6 Å². The molecule has 180 valence electrons. The molecule has 4 aliphatic carbocycles. The summed E-state index contributed by atoms with van der Waals surface area (Å²) in [5.74, 6) is 1.36. The van der Waals surface area contributed by atoms with E-state index >= 15 is 0 Å². The van der Waals surface area contributed by atoms with Gasteiger partial charge in [-0.05, 0) is 74.7 Å². The maximum atomic E-state index is 14.5. The van der Waals surface area contributed by atoms with Crippen LogP contribution in [0.3, 0.4) is 0 Å². The molecule has 5 aliphatic rings. The molecule has 4 saturated carbocycles. The van der Waals surface area contributed by atoms with Crippen molar-refractivity contribution < 1.29 is 14.0 Å². The van der Waals surface area contributed by atoms with Gasteiger partial charge in [0.1, 0.15) is 6.10 Å². The van der Waals surface area contributed by atoms with Gasteiger partial charge in [0, 0.05) is 37.1 Å². The zero-order valence-electron chi connectivity index (χ0n) is 20.6. The second-order valence-electron chi connectivity index (χ2n) is 11.0. The van der Waals surface area contributed by atoms with Crippen LogP contribution in [0.5, 0.6) is 0 Å². The summed E-state index contributed by atoms with van der Waals surface area (Å²) in [6, 6.07) is 0. The average molecular weight is 448 g/mol. The zero-order chi connectivity index (χ0) is 23.1. The lowest BCUT2D eigenvalue weighted by molar-refractivity contribution is -0.135. The minimum Gasteiger partial charge on any atom is -0.391 e. The third-order valence-corrected chi connectivity index (χ3v) is 9.65. The lowest BCUT2D eigenvalue weighted by Gasteiger charge is -2.59. The number of hydrogen-bond donors (Lipinski definition) is 1. The van der Waals surface area contributed by atoms with Crippen molar-refractivity contribution in [2.75, 3.05) is 20.1 Å². The Morgan fingerprint density at radius 3 is 2.59 bits per heavy atom. The van der Waals surface area contributed by atoms with Gasteiger partial charge in [-0.25, -0.2) is 4.39 Å².